The number of ether oxygens (including phenoxy) is 4. The Morgan fingerprint density at radius 3 is 2.19 bits per heavy atom. The Kier molecular flexibility index (Phi) is 5.19. The average Bonchev–Trinajstić information content (AvgIpc) is 2.82. The molecule has 0 unspecified atom stereocenters. The highest BCUT2D eigenvalue weighted by atomic mass is 16.5. The van der Waals surface area contributed by atoms with Crippen molar-refractivity contribution in [3.63, 3.8) is 0 Å². The number of nitrogens with zero attached hydrogens (tertiary/aromatic N) is 3. The Labute approximate surface area is 180 Å². The molecule has 31 heavy (non-hydrogen) atoms. The van der Waals surface area contributed by atoms with Gasteiger partial charge >= 0.3 is 0 Å². The Morgan fingerprint density at radius 2 is 1.58 bits per heavy atom. The summed E-state index contributed by atoms with van der Waals surface area (Å²) >= 11 is 0. The summed E-state index contributed by atoms with van der Waals surface area (Å²) in [6, 6.07) is 11.8. The Hall–Kier alpha value is -4.10. The van der Waals surface area contributed by atoms with Crippen molar-refractivity contribution in [3.05, 3.63) is 52.1 Å². The quantitative estimate of drug-likeness (QED) is 0.701. The van der Waals surface area contributed by atoms with Crippen molar-refractivity contribution in [2.75, 3.05) is 35.0 Å². The minimum absolute atomic E-state index is 0.0160. The number of allylic oxidation sites excluding steroid dienone is 1. The molecule has 2 aliphatic heterocycles. The molecule has 2 aromatic rings. The molecule has 7 heteroatoms. The van der Waals surface area contributed by atoms with Gasteiger partial charge in [-0.2, -0.15) is 10.5 Å². The molecule has 0 fully saturated rings. The topological polar surface area (TPSA) is 87.7 Å². The number of rotatable bonds is 4. The van der Waals surface area contributed by atoms with Crippen molar-refractivity contribution < 1.29 is 18.9 Å². The normalized spacial score (nSPS) is 13.5. The smallest absolute Gasteiger partial charge is 0.170 e. The van der Waals surface area contributed by atoms with E-state index >= 15 is 0 Å². The predicted molar refractivity (Wildman–Crippen MR) is 116 cm³/mol. The molecule has 0 atom stereocenters. The molecule has 0 aliphatic carbocycles. The van der Waals surface area contributed by atoms with Crippen LogP contribution in [0, 0.1) is 22.7 Å². The van der Waals surface area contributed by atoms with Crippen molar-refractivity contribution in [2.24, 2.45) is 0 Å². The second-order valence-corrected chi connectivity index (χ2v) is 7.01. The first kappa shape index (κ1) is 20.2. The molecule has 0 aromatic heterocycles. The number of benzene rings is 2. The van der Waals surface area contributed by atoms with E-state index in [0.717, 1.165) is 22.4 Å². The molecule has 0 bridgehead atoms. The van der Waals surface area contributed by atoms with Gasteiger partial charge in [-0.3, -0.25) is 0 Å². The third-order valence-electron chi connectivity index (χ3n) is 5.62. The van der Waals surface area contributed by atoms with Crippen LogP contribution in [0.1, 0.15) is 22.3 Å². The van der Waals surface area contributed by atoms with Crippen LogP contribution in [0.3, 0.4) is 0 Å². The van der Waals surface area contributed by atoms with Crippen molar-refractivity contribution in [3.8, 4) is 35.1 Å². The number of hydrogen-bond acceptors (Lipinski definition) is 7. The second-order valence-electron chi connectivity index (χ2n) is 7.01. The van der Waals surface area contributed by atoms with Crippen LogP contribution in [-0.4, -0.2) is 39.9 Å². The van der Waals surface area contributed by atoms with Crippen molar-refractivity contribution >= 4 is 17.5 Å². The molecule has 4 rings (SSSR count). The monoisotopic (exact) mass is 415 g/mol. The van der Waals surface area contributed by atoms with E-state index in [9.17, 15) is 10.5 Å². The molecule has 0 spiro atoms. The first-order chi connectivity index (χ1) is 15.1. The third kappa shape index (κ3) is 3.03. The molecule has 0 amide bonds. The van der Waals surface area contributed by atoms with Crippen molar-refractivity contribution in [1.82, 2.24) is 4.90 Å². The molecule has 156 valence electrons. The van der Waals surface area contributed by atoms with Gasteiger partial charge < -0.3 is 23.8 Å². The Morgan fingerprint density at radius 1 is 0.903 bits per heavy atom. The van der Waals surface area contributed by atoms with E-state index < -0.39 is 0 Å². The van der Waals surface area contributed by atoms with E-state index in [-0.39, 0.29) is 5.57 Å². The molecule has 2 aromatic carbocycles. The van der Waals surface area contributed by atoms with Crippen LogP contribution in [0.15, 0.2) is 29.8 Å². The van der Waals surface area contributed by atoms with Gasteiger partial charge in [0.2, 0.25) is 0 Å². The first-order valence-corrected chi connectivity index (χ1v) is 9.66. The van der Waals surface area contributed by atoms with Crippen LogP contribution >= 0.6 is 0 Å². The van der Waals surface area contributed by atoms with Crippen LogP contribution in [-0.2, 0) is 6.42 Å². The number of hydrogen-bond donors (Lipinski definition) is 0. The maximum Gasteiger partial charge on any atom is 0.170 e. The van der Waals surface area contributed by atoms with E-state index in [0.29, 0.717) is 47.2 Å². The maximum absolute atomic E-state index is 9.74. The van der Waals surface area contributed by atoms with Gasteiger partial charge in [-0.25, -0.2) is 0 Å². The fourth-order valence-corrected chi connectivity index (χ4v) is 4.23. The zero-order valence-electron chi connectivity index (χ0n) is 17.8. The predicted octanol–water partition coefficient (Wildman–Crippen LogP) is 3.85. The molecule has 0 saturated heterocycles. The summed E-state index contributed by atoms with van der Waals surface area (Å²) in [5.41, 5.74) is 5.02. The number of methoxy groups -OCH3 is 4. The molecule has 0 N–H and O–H groups in total. The van der Waals surface area contributed by atoms with Crippen LogP contribution in [0.25, 0.3) is 17.5 Å². The molecule has 7 nitrogen and oxygen atoms in total. The lowest BCUT2D eigenvalue weighted by Crippen LogP contribution is -2.31. The van der Waals surface area contributed by atoms with Gasteiger partial charge in [0.15, 0.2) is 28.6 Å². The lowest BCUT2D eigenvalue weighted by atomic mass is 9.87. The van der Waals surface area contributed by atoms with Crippen molar-refractivity contribution in [2.45, 2.75) is 6.42 Å². The minimum atomic E-state index is 0.0160. The summed E-state index contributed by atoms with van der Waals surface area (Å²) in [5, 5.41) is 19.5. The van der Waals surface area contributed by atoms with Gasteiger partial charge in [0, 0.05) is 17.8 Å². The van der Waals surface area contributed by atoms with E-state index in [2.05, 4.69) is 12.1 Å². The first-order valence-electron chi connectivity index (χ1n) is 9.66. The Balaban J connectivity index is 2.06. The zero-order chi connectivity index (χ0) is 22.1. The molecule has 2 aliphatic rings. The van der Waals surface area contributed by atoms with E-state index in [1.54, 1.807) is 28.4 Å². The number of nitriles is 2. The second kappa shape index (κ2) is 7.97. The summed E-state index contributed by atoms with van der Waals surface area (Å²) < 4.78 is 22.1. The van der Waals surface area contributed by atoms with Crippen molar-refractivity contribution in [1.29, 1.82) is 10.5 Å². The fourth-order valence-electron chi connectivity index (χ4n) is 4.23. The van der Waals surface area contributed by atoms with Gasteiger partial charge in [-0.1, -0.05) is 6.07 Å². The largest absolute Gasteiger partial charge is 0.493 e. The number of fused-ring (bicyclic) bond motifs is 4. The molecular formula is C24H21N3O4. The summed E-state index contributed by atoms with van der Waals surface area (Å²) in [6.45, 7) is 0.594. The highest BCUT2D eigenvalue weighted by Crippen LogP contribution is 2.49. The highest BCUT2D eigenvalue weighted by molar-refractivity contribution is 5.99. The van der Waals surface area contributed by atoms with Gasteiger partial charge in [0.05, 0.1) is 39.7 Å². The summed E-state index contributed by atoms with van der Waals surface area (Å²) in [6.07, 6.45) is 2.75. The third-order valence-corrected chi connectivity index (χ3v) is 5.62. The van der Waals surface area contributed by atoms with Crippen LogP contribution in [0.2, 0.25) is 0 Å². The van der Waals surface area contributed by atoms with Gasteiger partial charge in [0.25, 0.3) is 0 Å². The lowest BCUT2D eigenvalue weighted by Gasteiger charge is -2.39. The molecular weight excluding hydrogens is 394 g/mol. The summed E-state index contributed by atoms with van der Waals surface area (Å²) in [7, 11) is 6.32. The van der Waals surface area contributed by atoms with Crippen LogP contribution in [0.4, 0.5) is 0 Å². The maximum atomic E-state index is 9.74. The summed E-state index contributed by atoms with van der Waals surface area (Å²) in [5.74, 6) is 2.32. The minimum Gasteiger partial charge on any atom is -0.493 e. The van der Waals surface area contributed by atoms with Crippen LogP contribution in [0.5, 0.6) is 23.0 Å². The molecule has 0 saturated carbocycles. The van der Waals surface area contributed by atoms with Gasteiger partial charge in [0.1, 0.15) is 12.1 Å². The fraction of sp³-hybridized carbons (Fsp3) is 0.250. The molecule has 2 heterocycles. The average molecular weight is 415 g/mol. The molecule has 0 radical (unpaired) electrons. The highest BCUT2D eigenvalue weighted by Gasteiger charge is 2.35. The lowest BCUT2D eigenvalue weighted by molar-refractivity contribution is 0.352. The Bertz CT molecular complexity index is 1200. The van der Waals surface area contributed by atoms with Crippen LogP contribution < -0.4 is 18.9 Å². The van der Waals surface area contributed by atoms with E-state index in [1.807, 2.05) is 35.2 Å². The SMILES string of the molecule is COc1cc2c(cc1OC)C1=Cc3ccc(OC)c(OC)c3C(=C(C#N)C#N)N1CC2. The van der Waals surface area contributed by atoms with E-state index in [1.165, 1.54) is 0 Å². The standard InChI is InChI=1S/C24H21N3O4/c1-28-19-6-5-15-9-18-17-11-21(30-3)20(29-2)10-14(17)7-8-27(18)23(16(12-25)13-26)22(15)24(19)31-4/h5-6,9-11H,7-8H2,1-4H3. The van der Waals surface area contributed by atoms with Gasteiger partial charge in [-0.05, 0) is 41.8 Å². The van der Waals surface area contributed by atoms with E-state index in [4.69, 9.17) is 18.9 Å². The summed E-state index contributed by atoms with van der Waals surface area (Å²) in [4.78, 5) is 2.00. The van der Waals surface area contributed by atoms with Gasteiger partial charge in [-0.15, -0.1) is 0 Å². The zero-order valence-corrected chi connectivity index (χ0v) is 17.8.